The summed E-state index contributed by atoms with van der Waals surface area (Å²) >= 11 is 0. The predicted molar refractivity (Wildman–Crippen MR) is 91.7 cm³/mol. The summed E-state index contributed by atoms with van der Waals surface area (Å²) in [5, 5.41) is 0. The normalized spacial score (nSPS) is 28.0. The molecule has 1 fully saturated rings. The maximum absolute atomic E-state index is 12.2. The second-order valence-corrected chi connectivity index (χ2v) is 6.84. The number of allylic oxidation sites excluding steroid dienone is 5. The highest BCUT2D eigenvalue weighted by Crippen LogP contribution is 2.40. The Morgan fingerprint density at radius 1 is 1.13 bits per heavy atom. The number of benzene rings is 1. The van der Waals surface area contributed by atoms with Gasteiger partial charge in [0.1, 0.15) is 6.10 Å². The van der Waals surface area contributed by atoms with Crippen LogP contribution in [0.2, 0.25) is 0 Å². The van der Waals surface area contributed by atoms with Gasteiger partial charge in [-0.2, -0.15) is 0 Å². The maximum atomic E-state index is 12.2. The summed E-state index contributed by atoms with van der Waals surface area (Å²) in [5.74, 6) is 0.996. The molecule has 3 aliphatic carbocycles. The van der Waals surface area contributed by atoms with Crippen molar-refractivity contribution in [2.75, 3.05) is 0 Å². The van der Waals surface area contributed by atoms with Crippen LogP contribution in [0.25, 0.3) is 5.57 Å². The van der Waals surface area contributed by atoms with Crippen LogP contribution in [-0.2, 0) is 16.0 Å². The number of rotatable bonds is 4. The number of hydrogen-bond donors (Lipinski definition) is 0. The fourth-order valence-electron chi connectivity index (χ4n) is 3.92. The second kappa shape index (κ2) is 6.19. The first-order chi connectivity index (χ1) is 11.3. The van der Waals surface area contributed by atoms with Crippen LogP contribution in [-0.4, -0.2) is 12.1 Å². The van der Waals surface area contributed by atoms with Gasteiger partial charge >= 0.3 is 5.97 Å². The largest absolute Gasteiger partial charge is 0.461 e. The van der Waals surface area contributed by atoms with Crippen LogP contribution in [0.3, 0.4) is 0 Å². The van der Waals surface area contributed by atoms with E-state index in [0.29, 0.717) is 18.3 Å². The smallest absolute Gasteiger partial charge is 0.310 e. The van der Waals surface area contributed by atoms with E-state index in [2.05, 4.69) is 54.6 Å². The van der Waals surface area contributed by atoms with Gasteiger partial charge in [0.2, 0.25) is 0 Å². The lowest BCUT2D eigenvalue weighted by molar-refractivity contribution is -0.149. The minimum atomic E-state index is -0.0940. The van der Waals surface area contributed by atoms with Gasteiger partial charge in [0.05, 0.1) is 6.42 Å². The molecule has 0 heterocycles. The Bertz CT molecular complexity index is 678. The average Bonchev–Trinajstić information content (AvgIpc) is 3.19. The van der Waals surface area contributed by atoms with Crippen LogP contribution in [0.5, 0.6) is 0 Å². The van der Waals surface area contributed by atoms with E-state index in [1.165, 1.54) is 11.1 Å². The summed E-state index contributed by atoms with van der Waals surface area (Å²) in [4.78, 5) is 12.2. The summed E-state index contributed by atoms with van der Waals surface area (Å²) in [6.45, 7) is 0. The molecule has 1 saturated carbocycles. The zero-order chi connectivity index (χ0) is 15.6. The Morgan fingerprint density at radius 2 is 2.00 bits per heavy atom. The van der Waals surface area contributed by atoms with Gasteiger partial charge in [-0.25, -0.2) is 0 Å². The molecule has 118 valence electrons. The number of carbonyl (C=O) groups excluding carboxylic acids is 1. The molecule has 23 heavy (non-hydrogen) atoms. The van der Waals surface area contributed by atoms with E-state index in [4.69, 9.17) is 4.74 Å². The molecule has 0 aliphatic heterocycles. The van der Waals surface area contributed by atoms with Crippen molar-refractivity contribution in [2.45, 2.75) is 38.2 Å². The minimum absolute atomic E-state index is 0.0940. The van der Waals surface area contributed by atoms with Gasteiger partial charge in [0.25, 0.3) is 0 Å². The van der Waals surface area contributed by atoms with Crippen LogP contribution in [0.1, 0.15) is 36.8 Å². The summed E-state index contributed by atoms with van der Waals surface area (Å²) in [6.07, 6.45) is 15.8. The molecular weight excluding hydrogens is 284 g/mol. The highest BCUT2D eigenvalue weighted by Gasteiger charge is 2.37. The standard InChI is InChI=1S/C21H22O2/c22-21(23-20-13-16-8-11-19(20)12-16)14-15-6-9-18(10-7-15)17-4-2-1-3-5-17/h1-2,4,6-11,16,19-20H,3,5,12-14H2/t16?,19?,20-/m0/s1. The zero-order valence-electron chi connectivity index (χ0n) is 13.3. The highest BCUT2D eigenvalue weighted by molar-refractivity contribution is 5.74. The fraction of sp³-hybridized carbons (Fsp3) is 0.381. The minimum Gasteiger partial charge on any atom is -0.461 e. The third kappa shape index (κ3) is 3.17. The first-order valence-electron chi connectivity index (χ1n) is 8.61. The first kappa shape index (κ1) is 14.5. The van der Waals surface area contributed by atoms with Gasteiger partial charge in [0, 0.05) is 5.92 Å². The Hall–Kier alpha value is -2.09. The number of ether oxygens (including phenoxy) is 1. The molecule has 4 rings (SSSR count). The third-order valence-electron chi connectivity index (χ3n) is 5.19. The quantitative estimate of drug-likeness (QED) is 0.606. The van der Waals surface area contributed by atoms with Crippen LogP contribution >= 0.6 is 0 Å². The average molecular weight is 306 g/mol. The molecule has 2 nitrogen and oxygen atoms in total. The molecular formula is C21H22O2. The van der Waals surface area contributed by atoms with E-state index in [-0.39, 0.29) is 12.1 Å². The Kier molecular flexibility index (Phi) is 3.90. The van der Waals surface area contributed by atoms with Crippen molar-refractivity contribution in [1.29, 1.82) is 0 Å². The molecule has 3 atom stereocenters. The van der Waals surface area contributed by atoms with Crippen molar-refractivity contribution < 1.29 is 9.53 Å². The van der Waals surface area contributed by atoms with Crippen LogP contribution < -0.4 is 0 Å². The molecule has 2 heteroatoms. The van der Waals surface area contributed by atoms with E-state index in [0.717, 1.165) is 31.2 Å². The second-order valence-electron chi connectivity index (χ2n) is 6.84. The molecule has 0 saturated heterocycles. The molecule has 0 aromatic heterocycles. The van der Waals surface area contributed by atoms with Gasteiger partial charge in [0.15, 0.2) is 0 Å². The van der Waals surface area contributed by atoms with Crippen molar-refractivity contribution in [3.63, 3.8) is 0 Å². The number of hydrogen-bond acceptors (Lipinski definition) is 2. The summed E-state index contributed by atoms with van der Waals surface area (Å²) in [7, 11) is 0. The predicted octanol–water partition coefficient (Wildman–Crippen LogP) is 4.47. The maximum Gasteiger partial charge on any atom is 0.310 e. The lowest BCUT2D eigenvalue weighted by Gasteiger charge is -2.18. The van der Waals surface area contributed by atoms with E-state index in [1.807, 2.05) is 0 Å². The van der Waals surface area contributed by atoms with Crippen LogP contribution in [0, 0.1) is 11.8 Å². The molecule has 2 unspecified atom stereocenters. The molecule has 0 amide bonds. The lowest BCUT2D eigenvalue weighted by atomic mass is 9.96. The molecule has 2 bridgehead atoms. The fourth-order valence-corrected chi connectivity index (χ4v) is 3.92. The molecule has 0 spiro atoms. The monoisotopic (exact) mass is 306 g/mol. The summed E-state index contributed by atoms with van der Waals surface area (Å²) in [5.41, 5.74) is 3.66. The highest BCUT2D eigenvalue weighted by atomic mass is 16.5. The Morgan fingerprint density at radius 3 is 2.65 bits per heavy atom. The van der Waals surface area contributed by atoms with E-state index in [1.54, 1.807) is 0 Å². The topological polar surface area (TPSA) is 26.3 Å². The van der Waals surface area contributed by atoms with Gasteiger partial charge < -0.3 is 4.74 Å². The van der Waals surface area contributed by atoms with Crippen molar-refractivity contribution >= 4 is 11.5 Å². The van der Waals surface area contributed by atoms with Crippen molar-refractivity contribution in [2.24, 2.45) is 11.8 Å². The van der Waals surface area contributed by atoms with E-state index < -0.39 is 0 Å². The van der Waals surface area contributed by atoms with Crippen LogP contribution in [0.4, 0.5) is 0 Å². The molecule has 3 aliphatic rings. The van der Waals surface area contributed by atoms with Crippen molar-refractivity contribution in [3.8, 4) is 0 Å². The van der Waals surface area contributed by atoms with Crippen molar-refractivity contribution in [3.05, 3.63) is 65.8 Å². The van der Waals surface area contributed by atoms with Crippen LogP contribution in [0.15, 0.2) is 54.6 Å². The molecule has 0 radical (unpaired) electrons. The van der Waals surface area contributed by atoms with Gasteiger partial charge in [-0.3, -0.25) is 4.79 Å². The van der Waals surface area contributed by atoms with Gasteiger partial charge in [-0.15, -0.1) is 0 Å². The number of carbonyl (C=O) groups is 1. The third-order valence-corrected chi connectivity index (χ3v) is 5.19. The number of esters is 1. The van der Waals surface area contributed by atoms with E-state index >= 15 is 0 Å². The number of fused-ring (bicyclic) bond motifs is 2. The first-order valence-corrected chi connectivity index (χ1v) is 8.61. The summed E-state index contributed by atoms with van der Waals surface area (Å²) in [6, 6.07) is 8.34. The SMILES string of the molecule is O=C(Cc1ccc(C2=CC=CCC2)cc1)O[C@H]1CC2C=CC1C2. The molecule has 1 aromatic rings. The Balaban J connectivity index is 1.35. The lowest BCUT2D eigenvalue weighted by Crippen LogP contribution is -2.23. The van der Waals surface area contributed by atoms with Crippen molar-refractivity contribution in [1.82, 2.24) is 0 Å². The van der Waals surface area contributed by atoms with Gasteiger partial charge in [-0.1, -0.05) is 54.6 Å². The molecule has 0 N–H and O–H groups in total. The zero-order valence-corrected chi connectivity index (χ0v) is 13.3. The summed E-state index contributed by atoms with van der Waals surface area (Å²) < 4.78 is 5.69. The van der Waals surface area contributed by atoms with E-state index in [9.17, 15) is 4.79 Å². The molecule has 1 aromatic carbocycles. The Labute approximate surface area is 137 Å². The van der Waals surface area contributed by atoms with Gasteiger partial charge in [-0.05, 0) is 48.3 Å².